The Morgan fingerprint density at radius 2 is 1.90 bits per heavy atom. The molecule has 0 aliphatic heterocycles. The minimum Gasteiger partial charge on any atom is -0.378 e. The van der Waals surface area contributed by atoms with E-state index in [1.807, 2.05) is 21.0 Å². The van der Waals surface area contributed by atoms with Gasteiger partial charge >= 0.3 is 0 Å². The smallest absolute Gasteiger partial charge is 0.246 e. The lowest BCUT2D eigenvalue weighted by molar-refractivity contribution is -0.890. The lowest BCUT2D eigenvalue weighted by atomic mass is 10.1. The highest BCUT2D eigenvalue weighted by Gasteiger charge is 2.18. The molecule has 0 aliphatic carbocycles. The second kappa shape index (κ2) is 8.64. The third-order valence-corrected chi connectivity index (χ3v) is 3.45. The fraction of sp³-hybridized carbons (Fsp3) is 0.562. The zero-order valence-electron chi connectivity index (χ0n) is 13.8. The molecule has 5 heteroatoms. The Hall–Kier alpha value is -1.59. The van der Waals surface area contributed by atoms with Gasteiger partial charge in [0.15, 0.2) is 0 Å². The summed E-state index contributed by atoms with van der Waals surface area (Å²) < 4.78 is 5.11. The van der Waals surface area contributed by atoms with Crippen LogP contribution in [-0.2, 0) is 9.53 Å². The molecular formula is C16H28N3O2+. The second-order valence-corrected chi connectivity index (χ2v) is 5.56. The highest BCUT2D eigenvalue weighted by Crippen LogP contribution is 2.15. The van der Waals surface area contributed by atoms with Crippen molar-refractivity contribution in [3.05, 3.63) is 29.8 Å². The number of benzene rings is 1. The molecule has 21 heavy (non-hydrogen) atoms. The molecule has 0 spiro atoms. The van der Waals surface area contributed by atoms with Crippen molar-refractivity contribution in [1.82, 2.24) is 5.32 Å². The molecule has 0 unspecified atom stereocenters. The van der Waals surface area contributed by atoms with Gasteiger partial charge in [-0.2, -0.15) is 0 Å². The van der Waals surface area contributed by atoms with Gasteiger partial charge in [-0.1, -0.05) is 12.1 Å². The zero-order chi connectivity index (χ0) is 15.8. The molecular weight excluding hydrogens is 266 g/mol. The van der Waals surface area contributed by atoms with E-state index in [0.717, 1.165) is 0 Å². The zero-order valence-corrected chi connectivity index (χ0v) is 13.8. The van der Waals surface area contributed by atoms with E-state index >= 15 is 0 Å². The lowest BCUT2D eigenvalue weighted by Crippen LogP contribution is -3.07. The summed E-state index contributed by atoms with van der Waals surface area (Å²) in [5, 5.41) is 2.94. The Balaban J connectivity index is 2.66. The summed E-state index contributed by atoms with van der Waals surface area (Å²) >= 11 is 0. The average molecular weight is 294 g/mol. The van der Waals surface area contributed by atoms with Crippen molar-refractivity contribution >= 4 is 11.6 Å². The first kappa shape index (κ1) is 17.5. The van der Waals surface area contributed by atoms with Gasteiger partial charge in [-0.25, -0.2) is 0 Å². The van der Waals surface area contributed by atoms with Crippen molar-refractivity contribution in [2.45, 2.75) is 13.0 Å². The molecule has 0 saturated carbocycles. The highest BCUT2D eigenvalue weighted by molar-refractivity contribution is 5.77. The highest BCUT2D eigenvalue weighted by atomic mass is 16.5. The van der Waals surface area contributed by atoms with Gasteiger partial charge in [0.1, 0.15) is 12.6 Å². The molecule has 1 rings (SSSR count). The van der Waals surface area contributed by atoms with Crippen LogP contribution in [0.3, 0.4) is 0 Å². The fourth-order valence-corrected chi connectivity index (χ4v) is 2.12. The van der Waals surface area contributed by atoms with Crippen molar-refractivity contribution in [3.8, 4) is 0 Å². The van der Waals surface area contributed by atoms with E-state index in [1.165, 1.54) is 16.2 Å². The Kier molecular flexibility index (Phi) is 7.19. The summed E-state index contributed by atoms with van der Waals surface area (Å²) in [5.41, 5.74) is 2.39. The Morgan fingerprint density at radius 1 is 1.29 bits per heavy atom. The van der Waals surface area contributed by atoms with Gasteiger partial charge in [-0.3, -0.25) is 4.79 Å². The third kappa shape index (κ3) is 5.73. The number of hydrogen-bond acceptors (Lipinski definition) is 3. The molecule has 1 aromatic rings. The molecule has 118 valence electrons. The van der Waals surface area contributed by atoms with Crippen molar-refractivity contribution in [2.24, 2.45) is 0 Å². The van der Waals surface area contributed by atoms with Gasteiger partial charge in [0.2, 0.25) is 5.91 Å². The number of nitrogens with zero attached hydrogens (tertiary/aromatic N) is 1. The maximum atomic E-state index is 11.7. The first-order chi connectivity index (χ1) is 9.95. The van der Waals surface area contributed by atoms with Gasteiger partial charge in [0.25, 0.3) is 0 Å². The first-order valence-electron chi connectivity index (χ1n) is 7.37. The minimum absolute atomic E-state index is 0.0620. The number of carbonyl (C=O) groups is 1. The van der Waals surface area contributed by atoms with Crippen LogP contribution in [-0.4, -0.2) is 53.9 Å². The van der Waals surface area contributed by atoms with Crippen LogP contribution in [0, 0.1) is 0 Å². The van der Waals surface area contributed by atoms with Gasteiger partial charge in [-0.05, 0) is 19.1 Å². The number of hydrogen-bond donors (Lipinski definition) is 2. The Bertz CT molecular complexity index is 430. The van der Waals surface area contributed by atoms with Crippen LogP contribution in [0.4, 0.5) is 5.69 Å². The standard InChI is InChI=1S/C16H27N3O2/c1-6-21-12-16(20)17-11-15(19(4)5)13-7-9-14(10-8-13)18(2)3/h7-10,15H,6,11-12H2,1-5H3,(H,17,20)/p+1/t15-/m1/s1. The van der Waals surface area contributed by atoms with Crippen LogP contribution < -0.4 is 15.1 Å². The predicted octanol–water partition coefficient (Wildman–Crippen LogP) is 0.0909. The van der Waals surface area contributed by atoms with Crippen molar-refractivity contribution in [1.29, 1.82) is 0 Å². The molecule has 2 N–H and O–H groups in total. The van der Waals surface area contributed by atoms with Crippen LogP contribution in [0.15, 0.2) is 24.3 Å². The largest absolute Gasteiger partial charge is 0.378 e. The predicted molar refractivity (Wildman–Crippen MR) is 85.8 cm³/mol. The van der Waals surface area contributed by atoms with Gasteiger partial charge in [0.05, 0.1) is 20.6 Å². The maximum absolute atomic E-state index is 11.7. The summed E-state index contributed by atoms with van der Waals surface area (Å²) in [6.45, 7) is 3.18. The molecule has 1 amide bonds. The van der Waals surface area contributed by atoms with Crippen LogP contribution >= 0.6 is 0 Å². The van der Waals surface area contributed by atoms with E-state index in [0.29, 0.717) is 13.2 Å². The molecule has 0 fully saturated rings. The SMILES string of the molecule is CCOCC(=O)NC[C@H](c1ccc(N(C)C)cc1)[NH+](C)C. The number of amides is 1. The summed E-state index contributed by atoms with van der Waals surface area (Å²) in [5.74, 6) is -0.0620. The minimum atomic E-state index is -0.0620. The maximum Gasteiger partial charge on any atom is 0.246 e. The molecule has 0 saturated heterocycles. The van der Waals surface area contributed by atoms with E-state index in [4.69, 9.17) is 4.74 Å². The van der Waals surface area contributed by atoms with Gasteiger partial charge in [-0.15, -0.1) is 0 Å². The first-order valence-corrected chi connectivity index (χ1v) is 7.37. The number of ether oxygens (including phenoxy) is 1. The van der Waals surface area contributed by atoms with Gasteiger partial charge < -0.3 is 19.9 Å². The number of quaternary nitrogens is 1. The summed E-state index contributed by atoms with van der Waals surface area (Å²) in [7, 11) is 8.24. The fourth-order valence-electron chi connectivity index (χ4n) is 2.12. The van der Waals surface area contributed by atoms with E-state index in [-0.39, 0.29) is 18.6 Å². The summed E-state index contributed by atoms with van der Waals surface area (Å²) in [6.07, 6.45) is 0. The van der Waals surface area contributed by atoms with E-state index < -0.39 is 0 Å². The van der Waals surface area contributed by atoms with E-state index in [1.54, 1.807) is 0 Å². The normalized spacial score (nSPS) is 12.3. The van der Waals surface area contributed by atoms with Gasteiger partial charge in [0, 0.05) is 32.0 Å². The van der Waals surface area contributed by atoms with Crippen molar-refractivity contribution in [2.75, 3.05) is 52.8 Å². The number of rotatable bonds is 8. The van der Waals surface area contributed by atoms with Crippen molar-refractivity contribution in [3.63, 3.8) is 0 Å². The van der Waals surface area contributed by atoms with Crippen LogP contribution in [0.2, 0.25) is 0 Å². The number of anilines is 1. The van der Waals surface area contributed by atoms with Crippen LogP contribution in [0.5, 0.6) is 0 Å². The number of carbonyl (C=O) groups excluding carboxylic acids is 1. The molecule has 1 aromatic carbocycles. The van der Waals surface area contributed by atoms with E-state index in [9.17, 15) is 4.79 Å². The summed E-state index contributed by atoms with van der Waals surface area (Å²) in [6, 6.07) is 8.69. The van der Waals surface area contributed by atoms with E-state index in [2.05, 4.69) is 48.6 Å². The monoisotopic (exact) mass is 294 g/mol. The number of nitrogens with one attached hydrogen (secondary N) is 2. The molecule has 0 heterocycles. The quantitative estimate of drug-likeness (QED) is 0.714. The molecule has 0 aromatic heterocycles. The van der Waals surface area contributed by atoms with Crippen LogP contribution in [0.1, 0.15) is 18.5 Å². The topological polar surface area (TPSA) is 46.0 Å². The molecule has 5 nitrogen and oxygen atoms in total. The Morgan fingerprint density at radius 3 is 2.38 bits per heavy atom. The Labute approximate surface area is 127 Å². The third-order valence-electron chi connectivity index (χ3n) is 3.45. The molecule has 0 aliphatic rings. The lowest BCUT2D eigenvalue weighted by Gasteiger charge is -2.23. The molecule has 0 bridgehead atoms. The second-order valence-electron chi connectivity index (χ2n) is 5.56. The number of likely N-dealkylation sites (N-methyl/N-ethyl adjacent to an activating group) is 1. The molecule has 1 atom stereocenters. The van der Waals surface area contributed by atoms with Crippen molar-refractivity contribution < 1.29 is 14.4 Å². The van der Waals surface area contributed by atoms with Crippen LogP contribution in [0.25, 0.3) is 0 Å². The average Bonchev–Trinajstić information content (AvgIpc) is 2.45. The summed E-state index contributed by atoms with van der Waals surface area (Å²) in [4.78, 5) is 15.0. The molecule has 0 radical (unpaired) electrons.